The molecule has 2 aromatic heterocycles. The van der Waals surface area contributed by atoms with Crippen molar-refractivity contribution < 1.29 is 4.79 Å². The Hall–Kier alpha value is -2.68. The normalized spacial score (nSPS) is 10.7. The van der Waals surface area contributed by atoms with Crippen molar-refractivity contribution in [1.82, 2.24) is 25.1 Å². The van der Waals surface area contributed by atoms with Crippen molar-refractivity contribution in [2.45, 2.75) is 5.75 Å². The van der Waals surface area contributed by atoms with Crippen LogP contribution in [0.25, 0.3) is 10.9 Å². The number of amides is 1. The Kier molecular flexibility index (Phi) is 4.15. The quantitative estimate of drug-likeness (QED) is 0.644. The summed E-state index contributed by atoms with van der Waals surface area (Å²) in [5.74, 6) is 1.30. The number of H-pyrrole nitrogens is 2. The summed E-state index contributed by atoms with van der Waals surface area (Å²) in [5.41, 5.74) is 0.472. The van der Waals surface area contributed by atoms with Crippen LogP contribution in [-0.4, -0.2) is 36.8 Å². The number of nitrogens with zero attached hydrogens (tertiary/aromatic N) is 3. The minimum atomic E-state index is -0.204. The second-order valence-corrected chi connectivity index (χ2v) is 5.39. The van der Waals surface area contributed by atoms with Gasteiger partial charge in [0.25, 0.3) is 5.56 Å². The Morgan fingerprint density at radius 3 is 3.00 bits per heavy atom. The largest absolute Gasteiger partial charge is 0.309 e. The third-order valence-electron chi connectivity index (χ3n) is 2.81. The number of benzene rings is 1. The Balaban J connectivity index is 1.60. The van der Waals surface area contributed by atoms with Gasteiger partial charge in [0.2, 0.25) is 11.9 Å². The van der Waals surface area contributed by atoms with Gasteiger partial charge in [-0.15, -0.1) is 11.8 Å². The molecule has 1 amide bonds. The molecule has 3 N–H and O–H groups in total. The number of carbonyl (C=O) groups excluding carboxylic acids is 1. The maximum absolute atomic E-state index is 11.9. The zero-order valence-electron chi connectivity index (χ0n) is 11.4. The number of para-hydroxylation sites is 1. The number of hydrogen-bond acceptors (Lipinski definition) is 6. The maximum Gasteiger partial charge on any atom is 0.258 e. The van der Waals surface area contributed by atoms with Crippen molar-refractivity contribution in [3.05, 3.63) is 46.8 Å². The third-order valence-corrected chi connectivity index (χ3v) is 3.75. The van der Waals surface area contributed by atoms with E-state index in [4.69, 9.17) is 0 Å². The molecule has 22 heavy (non-hydrogen) atoms. The zero-order valence-corrected chi connectivity index (χ0v) is 12.2. The topological polar surface area (TPSA) is 116 Å². The molecule has 0 fully saturated rings. The van der Waals surface area contributed by atoms with Crippen LogP contribution in [0, 0.1) is 0 Å². The fourth-order valence-electron chi connectivity index (χ4n) is 1.88. The first-order valence-corrected chi connectivity index (χ1v) is 7.59. The van der Waals surface area contributed by atoms with Gasteiger partial charge >= 0.3 is 0 Å². The van der Waals surface area contributed by atoms with Crippen LogP contribution in [0.2, 0.25) is 0 Å². The number of thioether (sulfide) groups is 1. The number of rotatable bonds is 5. The van der Waals surface area contributed by atoms with Crippen LogP contribution in [0.3, 0.4) is 0 Å². The maximum atomic E-state index is 11.9. The van der Waals surface area contributed by atoms with Crippen LogP contribution in [0.15, 0.2) is 35.4 Å². The molecule has 0 bridgehead atoms. The molecular formula is C13H12N6O2S. The second kappa shape index (κ2) is 6.39. The zero-order chi connectivity index (χ0) is 15.4. The highest BCUT2D eigenvalue weighted by molar-refractivity contribution is 7.99. The molecule has 3 rings (SSSR count). The molecule has 0 aliphatic rings. The molecular weight excluding hydrogens is 304 g/mol. The third kappa shape index (κ3) is 3.31. The summed E-state index contributed by atoms with van der Waals surface area (Å²) in [4.78, 5) is 34.5. The fraction of sp³-hybridized carbons (Fsp3) is 0.154. The van der Waals surface area contributed by atoms with Crippen molar-refractivity contribution in [3.63, 3.8) is 0 Å². The molecule has 0 spiro atoms. The lowest BCUT2D eigenvalue weighted by Gasteiger charge is -2.03. The van der Waals surface area contributed by atoms with Gasteiger partial charge < -0.3 is 4.98 Å². The van der Waals surface area contributed by atoms with E-state index in [1.165, 1.54) is 18.1 Å². The molecule has 112 valence electrons. The van der Waals surface area contributed by atoms with Gasteiger partial charge in [-0.1, -0.05) is 12.1 Å². The minimum Gasteiger partial charge on any atom is -0.309 e. The summed E-state index contributed by atoms with van der Waals surface area (Å²) in [5, 5.41) is 9.30. The lowest BCUT2D eigenvalue weighted by Crippen LogP contribution is -2.16. The van der Waals surface area contributed by atoms with Crippen molar-refractivity contribution >= 4 is 34.5 Å². The molecule has 3 aromatic rings. The van der Waals surface area contributed by atoms with Crippen LogP contribution < -0.4 is 10.9 Å². The highest BCUT2D eigenvalue weighted by Gasteiger charge is 2.07. The predicted molar refractivity (Wildman–Crippen MR) is 83.5 cm³/mol. The Morgan fingerprint density at radius 2 is 2.18 bits per heavy atom. The number of anilines is 1. The van der Waals surface area contributed by atoms with Crippen LogP contribution in [0.5, 0.6) is 0 Å². The van der Waals surface area contributed by atoms with Gasteiger partial charge in [-0.3, -0.25) is 14.9 Å². The van der Waals surface area contributed by atoms with Crippen molar-refractivity contribution in [1.29, 1.82) is 0 Å². The predicted octanol–water partition coefficient (Wildman–Crippen LogP) is 0.913. The van der Waals surface area contributed by atoms with Gasteiger partial charge in [0.05, 0.1) is 22.4 Å². The summed E-state index contributed by atoms with van der Waals surface area (Å²) in [6, 6.07) is 7.14. The highest BCUT2D eigenvalue weighted by atomic mass is 32.2. The van der Waals surface area contributed by atoms with E-state index in [2.05, 4.69) is 30.5 Å². The van der Waals surface area contributed by atoms with Gasteiger partial charge in [-0.05, 0) is 12.1 Å². The molecule has 1 aromatic carbocycles. The number of fused-ring (bicyclic) bond motifs is 1. The summed E-state index contributed by atoms with van der Waals surface area (Å²) < 4.78 is 0. The van der Waals surface area contributed by atoms with E-state index in [1.807, 2.05) is 6.07 Å². The first-order chi connectivity index (χ1) is 10.7. The number of carbonyl (C=O) groups is 1. The van der Waals surface area contributed by atoms with Crippen molar-refractivity contribution in [2.75, 3.05) is 11.1 Å². The van der Waals surface area contributed by atoms with E-state index in [-0.39, 0.29) is 17.2 Å². The van der Waals surface area contributed by atoms with E-state index >= 15 is 0 Å². The second-order valence-electron chi connectivity index (χ2n) is 4.40. The van der Waals surface area contributed by atoms with Crippen LogP contribution in [0.4, 0.5) is 5.95 Å². The van der Waals surface area contributed by atoms with Crippen LogP contribution >= 0.6 is 11.8 Å². The Bertz CT molecular complexity index is 845. The van der Waals surface area contributed by atoms with Crippen LogP contribution in [0.1, 0.15) is 5.82 Å². The molecule has 0 aliphatic carbocycles. The molecule has 0 aliphatic heterocycles. The fourth-order valence-corrected chi connectivity index (χ4v) is 2.57. The van der Waals surface area contributed by atoms with Gasteiger partial charge in [0.15, 0.2) is 0 Å². The summed E-state index contributed by atoms with van der Waals surface area (Å²) in [7, 11) is 0. The molecule has 0 saturated heterocycles. The van der Waals surface area contributed by atoms with E-state index < -0.39 is 0 Å². The molecule has 0 atom stereocenters. The lowest BCUT2D eigenvalue weighted by molar-refractivity contribution is -0.113. The Morgan fingerprint density at radius 1 is 1.32 bits per heavy atom. The Labute approximate surface area is 128 Å². The van der Waals surface area contributed by atoms with Gasteiger partial charge in [0.1, 0.15) is 12.2 Å². The van der Waals surface area contributed by atoms with Crippen molar-refractivity contribution in [2.24, 2.45) is 0 Å². The molecule has 0 unspecified atom stereocenters. The molecule has 0 saturated carbocycles. The van der Waals surface area contributed by atoms with E-state index in [1.54, 1.807) is 18.2 Å². The summed E-state index contributed by atoms with van der Waals surface area (Å²) >= 11 is 1.35. The number of aromatic amines is 2. The van der Waals surface area contributed by atoms with Crippen molar-refractivity contribution in [3.8, 4) is 0 Å². The average molecular weight is 316 g/mol. The van der Waals surface area contributed by atoms with Crippen LogP contribution in [-0.2, 0) is 10.5 Å². The van der Waals surface area contributed by atoms with Gasteiger partial charge in [-0.2, -0.15) is 10.1 Å². The average Bonchev–Trinajstić information content (AvgIpc) is 3.00. The SMILES string of the molecule is O=C(CSCc1nc2ccccc2c(=O)[nH]1)Nc1ncn[nH]1. The molecule has 0 radical (unpaired) electrons. The molecule has 9 heteroatoms. The van der Waals surface area contributed by atoms with E-state index in [9.17, 15) is 9.59 Å². The highest BCUT2D eigenvalue weighted by Crippen LogP contribution is 2.11. The molecule has 8 nitrogen and oxygen atoms in total. The summed E-state index contributed by atoms with van der Waals surface area (Å²) in [6.07, 6.45) is 1.31. The van der Waals surface area contributed by atoms with Gasteiger partial charge in [-0.25, -0.2) is 10.1 Å². The lowest BCUT2D eigenvalue weighted by atomic mass is 10.2. The number of nitrogens with one attached hydrogen (secondary N) is 3. The molecule has 2 heterocycles. The van der Waals surface area contributed by atoms with E-state index in [0.717, 1.165) is 0 Å². The smallest absolute Gasteiger partial charge is 0.258 e. The first-order valence-electron chi connectivity index (χ1n) is 6.43. The van der Waals surface area contributed by atoms with E-state index in [0.29, 0.717) is 28.4 Å². The standard InChI is InChI=1S/C13H12N6O2S/c20-11(18-13-14-7-15-19-13)6-22-5-10-16-9-4-2-1-3-8(9)12(21)17-10/h1-4,7H,5-6H2,(H,16,17,21)(H2,14,15,18,19,20). The number of aromatic nitrogens is 5. The minimum absolute atomic E-state index is 0.174. The number of hydrogen-bond donors (Lipinski definition) is 3. The van der Waals surface area contributed by atoms with Gasteiger partial charge in [0, 0.05) is 0 Å². The monoisotopic (exact) mass is 316 g/mol. The first kappa shape index (κ1) is 14.3. The summed E-state index contributed by atoms with van der Waals surface area (Å²) in [6.45, 7) is 0.